The van der Waals surface area contributed by atoms with Crippen LogP contribution in [0.1, 0.15) is 31.9 Å². The molecule has 0 unspecified atom stereocenters. The van der Waals surface area contributed by atoms with Crippen LogP contribution in [0.15, 0.2) is 12.1 Å². The van der Waals surface area contributed by atoms with Crippen molar-refractivity contribution in [2.45, 2.75) is 34.6 Å². The first-order valence-corrected chi connectivity index (χ1v) is 6.51. The number of benzene rings is 1. The van der Waals surface area contributed by atoms with E-state index in [-0.39, 0.29) is 11.0 Å². The zero-order chi connectivity index (χ0) is 14.8. The maximum absolute atomic E-state index is 12.0. The lowest BCUT2D eigenvalue weighted by molar-refractivity contribution is -0.123. The van der Waals surface area contributed by atoms with Gasteiger partial charge >= 0.3 is 0 Å². The second-order valence-corrected chi connectivity index (χ2v) is 6.12. The molecule has 0 aliphatic rings. The summed E-state index contributed by atoms with van der Waals surface area (Å²) in [5, 5.41) is 6.09. The number of hydrogen-bond donors (Lipinski definition) is 3. The summed E-state index contributed by atoms with van der Waals surface area (Å²) in [5.41, 5.74) is 8.64. The average Bonchev–Trinajstić information content (AvgIpc) is 2.20. The Balaban J connectivity index is 3.04. The summed E-state index contributed by atoms with van der Waals surface area (Å²) in [7, 11) is 0. The quantitative estimate of drug-likeness (QED) is 0.728. The normalized spacial score (nSPS) is 11.0. The fraction of sp³-hybridized carbons (Fsp3) is 0.429. The number of amides is 1. The van der Waals surface area contributed by atoms with Crippen LogP contribution < -0.4 is 16.4 Å². The van der Waals surface area contributed by atoms with Gasteiger partial charge in [0.25, 0.3) is 0 Å². The van der Waals surface area contributed by atoms with E-state index >= 15 is 0 Å². The van der Waals surface area contributed by atoms with Gasteiger partial charge < -0.3 is 16.4 Å². The largest absolute Gasteiger partial charge is 0.376 e. The highest BCUT2D eigenvalue weighted by Gasteiger charge is 2.22. The lowest BCUT2D eigenvalue weighted by Crippen LogP contribution is -2.28. The van der Waals surface area contributed by atoms with Crippen LogP contribution in [0, 0.1) is 19.3 Å². The van der Waals surface area contributed by atoms with Crippen LogP contribution in [0.2, 0.25) is 0 Å². The lowest BCUT2D eigenvalue weighted by atomic mass is 9.95. The van der Waals surface area contributed by atoms with Crippen molar-refractivity contribution in [2.75, 3.05) is 10.6 Å². The Morgan fingerprint density at radius 2 is 1.63 bits per heavy atom. The molecule has 0 heterocycles. The van der Waals surface area contributed by atoms with Crippen molar-refractivity contribution >= 4 is 34.6 Å². The predicted octanol–water partition coefficient (Wildman–Crippen LogP) is 2.94. The van der Waals surface area contributed by atoms with Gasteiger partial charge in [0, 0.05) is 16.8 Å². The first-order valence-electron chi connectivity index (χ1n) is 6.10. The predicted molar refractivity (Wildman–Crippen MR) is 84.4 cm³/mol. The molecule has 104 valence electrons. The highest BCUT2D eigenvalue weighted by atomic mass is 32.1. The van der Waals surface area contributed by atoms with Crippen LogP contribution >= 0.6 is 12.2 Å². The summed E-state index contributed by atoms with van der Waals surface area (Å²) < 4.78 is 0. The van der Waals surface area contributed by atoms with Gasteiger partial charge in [-0.2, -0.15) is 0 Å². The Labute approximate surface area is 119 Å². The van der Waals surface area contributed by atoms with Gasteiger partial charge in [0.05, 0.1) is 0 Å². The van der Waals surface area contributed by atoms with E-state index in [0.717, 1.165) is 22.5 Å². The zero-order valence-electron chi connectivity index (χ0n) is 12.0. The summed E-state index contributed by atoms with van der Waals surface area (Å²) in [5.74, 6) is -0.00578. The topological polar surface area (TPSA) is 67.2 Å². The van der Waals surface area contributed by atoms with Crippen LogP contribution in [-0.4, -0.2) is 11.0 Å². The average molecular weight is 279 g/mol. The first-order chi connectivity index (χ1) is 8.61. The van der Waals surface area contributed by atoms with E-state index in [1.807, 2.05) is 46.8 Å². The molecule has 0 atom stereocenters. The van der Waals surface area contributed by atoms with Crippen LogP contribution in [0.4, 0.5) is 11.4 Å². The Kier molecular flexibility index (Phi) is 4.52. The third kappa shape index (κ3) is 4.21. The molecule has 0 fully saturated rings. The lowest BCUT2D eigenvalue weighted by Gasteiger charge is -2.20. The van der Waals surface area contributed by atoms with Gasteiger partial charge in [-0.1, -0.05) is 20.8 Å². The van der Waals surface area contributed by atoms with Crippen molar-refractivity contribution in [2.24, 2.45) is 11.1 Å². The molecule has 1 rings (SSSR count). The Bertz CT molecular complexity index is 495. The SMILES string of the molecule is Cc1cc(NC(N)=S)cc(C)c1NC(=O)C(C)(C)C. The number of nitrogens with two attached hydrogens (primary N) is 1. The number of anilines is 2. The number of aryl methyl sites for hydroxylation is 2. The van der Waals surface area contributed by atoms with Crippen LogP contribution in [0.3, 0.4) is 0 Å². The molecular weight excluding hydrogens is 258 g/mol. The zero-order valence-corrected chi connectivity index (χ0v) is 12.9. The fourth-order valence-electron chi connectivity index (χ4n) is 1.68. The van der Waals surface area contributed by atoms with Crippen molar-refractivity contribution in [3.05, 3.63) is 23.3 Å². The highest BCUT2D eigenvalue weighted by molar-refractivity contribution is 7.80. The van der Waals surface area contributed by atoms with Gasteiger partial charge in [0.2, 0.25) is 5.91 Å². The van der Waals surface area contributed by atoms with E-state index in [9.17, 15) is 4.79 Å². The summed E-state index contributed by atoms with van der Waals surface area (Å²) in [6.45, 7) is 9.54. The second-order valence-electron chi connectivity index (χ2n) is 5.68. The molecule has 0 aliphatic heterocycles. The van der Waals surface area contributed by atoms with Gasteiger partial charge in [-0.15, -0.1) is 0 Å². The van der Waals surface area contributed by atoms with Crippen molar-refractivity contribution in [1.29, 1.82) is 0 Å². The third-order valence-corrected chi connectivity index (χ3v) is 2.82. The van der Waals surface area contributed by atoms with Crippen LogP contribution in [0.25, 0.3) is 0 Å². The van der Waals surface area contributed by atoms with Gasteiger partial charge in [-0.3, -0.25) is 4.79 Å². The minimum Gasteiger partial charge on any atom is -0.376 e. The molecule has 0 radical (unpaired) electrons. The molecule has 4 nitrogen and oxygen atoms in total. The van der Waals surface area contributed by atoms with E-state index in [2.05, 4.69) is 10.6 Å². The van der Waals surface area contributed by atoms with Gasteiger partial charge in [-0.25, -0.2) is 0 Å². The molecule has 1 aromatic rings. The fourth-order valence-corrected chi connectivity index (χ4v) is 1.79. The summed E-state index contributed by atoms with van der Waals surface area (Å²) >= 11 is 4.81. The molecule has 1 amide bonds. The first kappa shape index (κ1) is 15.4. The molecule has 0 bridgehead atoms. The van der Waals surface area contributed by atoms with Gasteiger partial charge in [0.15, 0.2) is 5.11 Å². The molecule has 0 saturated heterocycles. The molecule has 19 heavy (non-hydrogen) atoms. The minimum atomic E-state index is -0.422. The van der Waals surface area contributed by atoms with Crippen LogP contribution in [-0.2, 0) is 4.79 Å². The molecule has 0 aromatic heterocycles. The van der Waals surface area contributed by atoms with E-state index in [4.69, 9.17) is 18.0 Å². The molecular formula is C14H21N3OS. The third-order valence-electron chi connectivity index (χ3n) is 2.72. The van der Waals surface area contributed by atoms with Crippen molar-refractivity contribution in [3.63, 3.8) is 0 Å². The Hall–Kier alpha value is -1.62. The monoisotopic (exact) mass is 279 g/mol. The Morgan fingerprint density at radius 3 is 2.00 bits per heavy atom. The number of carbonyl (C=O) groups excluding carboxylic acids is 1. The number of nitrogens with one attached hydrogen (secondary N) is 2. The summed E-state index contributed by atoms with van der Waals surface area (Å²) in [4.78, 5) is 12.0. The number of hydrogen-bond acceptors (Lipinski definition) is 2. The minimum absolute atomic E-state index is 0.00578. The maximum atomic E-state index is 12.0. The number of thiocarbonyl (C=S) groups is 1. The summed E-state index contributed by atoms with van der Waals surface area (Å²) in [6.07, 6.45) is 0. The number of carbonyl (C=O) groups is 1. The van der Waals surface area contributed by atoms with Crippen molar-refractivity contribution < 1.29 is 4.79 Å². The molecule has 0 aliphatic carbocycles. The number of rotatable bonds is 2. The maximum Gasteiger partial charge on any atom is 0.229 e. The van der Waals surface area contributed by atoms with E-state index in [0.29, 0.717) is 0 Å². The van der Waals surface area contributed by atoms with E-state index < -0.39 is 5.41 Å². The molecule has 0 spiro atoms. The molecule has 5 heteroatoms. The van der Waals surface area contributed by atoms with Crippen molar-refractivity contribution in [3.8, 4) is 0 Å². The molecule has 4 N–H and O–H groups in total. The second kappa shape index (κ2) is 5.57. The van der Waals surface area contributed by atoms with E-state index in [1.165, 1.54) is 0 Å². The smallest absolute Gasteiger partial charge is 0.229 e. The van der Waals surface area contributed by atoms with Crippen LogP contribution in [0.5, 0.6) is 0 Å². The standard InChI is InChI=1S/C14H21N3OS/c1-8-6-10(16-13(15)19)7-9(2)11(8)17-12(18)14(3,4)5/h6-7H,1-5H3,(H,17,18)(H3,15,16,19). The highest BCUT2D eigenvalue weighted by Crippen LogP contribution is 2.27. The van der Waals surface area contributed by atoms with Crippen molar-refractivity contribution in [1.82, 2.24) is 0 Å². The molecule has 0 saturated carbocycles. The Morgan fingerprint density at radius 1 is 1.16 bits per heavy atom. The van der Waals surface area contributed by atoms with Gasteiger partial charge in [0.1, 0.15) is 0 Å². The summed E-state index contributed by atoms with van der Waals surface area (Å²) in [6, 6.07) is 3.81. The van der Waals surface area contributed by atoms with E-state index in [1.54, 1.807) is 0 Å². The van der Waals surface area contributed by atoms with Gasteiger partial charge in [-0.05, 0) is 49.3 Å². The molecule has 1 aromatic carbocycles.